The van der Waals surface area contributed by atoms with Gasteiger partial charge in [-0.2, -0.15) is 0 Å². The molecule has 0 aliphatic rings. The SMILES string of the molecule is CCCCCCCCCC/C=C\CCCCCCCCCCCCCCCCCCCCCCCCCCCC(=O)OC(COC(=O)CCCCCCCCCCCCCCCCCCCCCCCCCCCCCCCCCCCCCC)COP(=O)(O)OCC[N+](C)(C)C. The Bertz CT molecular complexity index is 1640. The molecule has 0 spiro atoms. The molecule has 0 saturated heterocycles. The zero-order chi connectivity index (χ0) is 70.4. The van der Waals surface area contributed by atoms with Gasteiger partial charge in [0.25, 0.3) is 0 Å². The molecule has 0 aliphatic carbocycles. The van der Waals surface area contributed by atoms with Crippen LogP contribution in [0.4, 0.5) is 0 Å². The van der Waals surface area contributed by atoms with E-state index in [1.54, 1.807) is 0 Å². The smallest absolute Gasteiger partial charge is 0.462 e. The third-order valence-electron chi connectivity index (χ3n) is 20.5. The second-order valence-corrected chi connectivity index (χ2v) is 33.1. The normalized spacial score (nSPS) is 12.9. The van der Waals surface area contributed by atoms with Crippen LogP contribution in [0.15, 0.2) is 12.2 Å². The first kappa shape index (κ1) is 95.8. The summed E-state index contributed by atoms with van der Waals surface area (Å²) in [5.74, 6) is -0.764. The van der Waals surface area contributed by atoms with Gasteiger partial charge in [0.15, 0.2) is 6.10 Å². The molecule has 1 N–H and O–H groups in total. The fourth-order valence-corrected chi connectivity index (χ4v) is 14.6. The Hall–Kier alpha value is -1.25. The van der Waals surface area contributed by atoms with Gasteiger partial charge in [-0.15, -0.1) is 0 Å². The van der Waals surface area contributed by atoms with E-state index in [-0.39, 0.29) is 25.6 Å². The largest absolute Gasteiger partial charge is 0.472 e. The number of ether oxygens (including phenoxy) is 2. The number of allylic oxidation sites excluding steroid dienone is 2. The van der Waals surface area contributed by atoms with Crippen LogP contribution in [0.2, 0.25) is 0 Å². The minimum absolute atomic E-state index is 0.0372. The van der Waals surface area contributed by atoms with Gasteiger partial charge in [-0.05, 0) is 38.5 Å². The van der Waals surface area contributed by atoms with E-state index in [2.05, 4.69) is 26.0 Å². The molecule has 9 nitrogen and oxygen atoms in total. The van der Waals surface area contributed by atoms with E-state index in [9.17, 15) is 19.0 Å². The van der Waals surface area contributed by atoms with E-state index in [4.69, 9.17) is 18.5 Å². The van der Waals surface area contributed by atoms with Crippen molar-refractivity contribution in [1.29, 1.82) is 0 Å². The van der Waals surface area contributed by atoms with Gasteiger partial charge in [0.1, 0.15) is 19.8 Å². The molecule has 0 aliphatic heterocycles. The van der Waals surface area contributed by atoms with Crippen LogP contribution in [0.3, 0.4) is 0 Å². The number of hydrogen-bond acceptors (Lipinski definition) is 7. The molecular formula is C87H173NO8P+. The Morgan fingerprint density at radius 2 is 0.526 bits per heavy atom. The number of carbonyl (C=O) groups excluding carboxylic acids is 2. The summed E-state index contributed by atoms with van der Waals surface area (Å²) in [6.07, 6.45) is 101. The van der Waals surface area contributed by atoms with Crippen LogP contribution in [-0.2, 0) is 32.7 Å². The van der Waals surface area contributed by atoms with Gasteiger partial charge in [-0.25, -0.2) is 4.57 Å². The highest BCUT2D eigenvalue weighted by atomic mass is 31.2. The van der Waals surface area contributed by atoms with Gasteiger partial charge in [0, 0.05) is 12.8 Å². The lowest BCUT2D eigenvalue weighted by atomic mass is 10.0. The van der Waals surface area contributed by atoms with Gasteiger partial charge in [-0.1, -0.05) is 443 Å². The number of nitrogens with zero attached hydrogens (tertiary/aromatic N) is 1. The molecule has 10 heteroatoms. The maximum Gasteiger partial charge on any atom is 0.472 e. The van der Waals surface area contributed by atoms with Crippen molar-refractivity contribution in [3.8, 4) is 0 Å². The highest BCUT2D eigenvalue weighted by Gasteiger charge is 2.27. The molecule has 0 aromatic rings. The van der Waals surface area contributed by atoms with Crippen molar-refractivity contribution in [2.24, 2.45) is 0 Å². The predicted molar refractivity (Wildman–Crippen MR) is 423 cm³/mol. The highest BCUT2D eigenvalue weighted by molar-refractivity contribution is 7.47. The number of quaternary nitrogens is 1. The lowest BCUT2D eigenvalue weighted by molar-refractivity contribution is -0.870. The summed E-state index contributed by atoms with van der Waals surface area (Å²) in [7, 11) is 1.51. The molecule has 0 fully saturated rings. The van der Waals surface area contributed by atoms with Gasteiger partial charge in [0.05, 0.1) is 27.7 Å². The zero-order valence-electron chi connectivity index (χ0n) is 66.4. The molecule has 97 heavy (non-hydrogen) atoms. The fourth-order valence-electron chi connectivity index (χ4n) is 13.8. The highest BCUT2D eigenvalue weighted by Crippen LogP contribution is 2.43. The quantitative estimate of drug-likeness (QED) is 0.0211. The maximum atomic E-state index is 12.9. The number of unbranched alkanes of at least 4 members (excludes halogenated alkanes) is 68. The predicted octanol–water partition coefficient (Wildman–Crippen LogP) is 29.4. The molecule has 0 saturated carbocycles. The molecule has 0 aromatic heterocycles. The number of carbonyl (C=O) groups is 2. The molecule has 2 unspecified atom stereocenters. The molecule has 578 valence electrons. The fraction of sp³-hybridized carbons (Fsp3) is 0.954. The average Bonchev–Trinajstić information content (AvgIpc) is 1.41. The van der Waals surface area contributed by atoms with E-state index in [1.165, 1.54) is 417 Å². The number of hydrogen-bond donors (Lipinski definition) is 1. The Morgan fingerprint density at radius 3 is 0.763 bits per heavy atom. The monoisotopic (exact) mass is 1390 g/mol. The van der Waals surface area contributed by atoms with Crippen molar-refractivity contribution in [1.82, 2.24) is 0 Å². The van der Waals surface area contributed by atoms with Crippen LogP contribution in [0.1, 0.15) is 483 Å². The maximum absolute atomic E-state index is 12.9. The summed E-state index contributed by atoms with van der Waals surface area (Å²) in [4.78, 5) is 36.0. The van der Waals surface area contributed by atoms with E-state index in [1.807, 2.05) is 21.1 Å². The van der Waals surface area contributed by atoms with Gasteiger partial charge in [-0.3, -0.25) is 18.6 Å². The molecule has 2 atom stereocenters. The molecular weight excluding hydrogens is 1220 g/mol. The van der Waals surface area contributed by atoms with Crippen molar-refractivity contribution < 1.29 is 42.1 Å². The first-order valence-electron chi connectivity index (χ1n) is 43.9. The Morgan fingerprint density at radius 1 is 0.309 bits per heavy atom. The Kier molecular flexibility index (Phi) is 77.9. The third kappa shape index (κ3) is 83.6. The molecule has 0 heterocycles. The van der Waals surface area contributed by atoms with Crippen molar-refractivity contribution in [2.75, 3.05) is 47.5 Å². The van der Waals surface area contributed by atoms with Crippen molar-refractivity contribution >= 4 is 19.8 Å². The molecule has 0 amide bonds. The van der Waals surface area contributed by atoms with Crippen LogP contribution in [0.5, 0.6) is 0 Å². The first-order valence-corrected chi connectivity index (χ1v) is 45.4. The summed E-state index contributed by atoms with van der Waals surface area (Å²) in [6.45, 7) is 4.54. The second-order valence-electron chi connectivity index (χ2n) is 31.6. The summed E-state index contributed by atoms with van der Waals surface area (Å²) in [6, 6.07) is 0. The third-order valence-corrected chi connectivity index (χ3v) is 21.5. The second kappa shape index (κ2) is 78.9. The van der Waals surface area contributed by atoms with Crippen LogP contribution in [-0.4, -0.2) is 74.9 Å². The van der Waals surface area contributed by atoms with Crippen molar-refractivity contribution in [3.05, 3.63) is 12.2 Å². The number of esters is 2. The minimum atomic E-state index is -4.39. The Labute approximate surface area is 607 Å². The summed E-state index contributed by atoms with van der Waals surface area (Å²) < 4.78 is 34.9. The van der Waals surface area contributed by atoms with Gasteiger partial charge < -0.3 is 18.9 Å². The van der Waals surface area contributed by atoms with Gasteiger partial charge >= 0.3 is 19.8 Å². The number of phosphoric ester groups is 1. The first-order chi connectivity index (χ1) is 47.5. The van der Waals surface area contributed by atoms with E-state index in [0.29, 0.717) is 17.4 Å². The Balaban J connectivity index is 3.84. The van der Waals surface area contributed by atoms with Gasteiger partial charge in [0.2, 0.25) is 0 Å². The lowest BCUT2D eigenvalue weighted by Gasteiger charge is -2.24. The molecule has 0 aromatic carbocycles. The van der Waals surface area contributed by atoms with Crippen LogP contribution < -0.4 is 0 Å². The van der Waals surface area contributed by atoms with Crippen LogP contribution in [0.25, 0.3) is 0 Å². The van der Waals surface area contributed by atoms with Crippen LogP contribution in [0, 0.1) is 0 Å². The van der Waals surface area contributed by atoms with Crippen molar-refractivity contribution in [3.63, 3.8) is 0 Å². The summed E-state index contributed by atoms with van der Waals surface area (Å²) >= 11 is 0. The number of likely N-dealkylation sites (N-methyl/N-ethyl adjacent to an activating group) is 1. The summed E-state index contributed by atoms with van der Waals surface area (Å²) in [5.41, 5.74) is 0. The molecule has 0 rings (SSSR count). The zero-order valence-corrected chi connectivity index (χ0v) is 67.3. The topological polar surface area (TPSA) is 108 Å². The molecule has 0 bridgehead atoms. The molecule has 0 radical (unpaired) electrons. The van der Waals surface area contributed by atoms with E-state index >= 15 is 0 Å². The number of rotatable bonds is 84. The van der Waals surface area contributed by atoms with Crippen LogP contribution >= 0.6 is 7.82 Å². The summed E-state index contributed by atoms with van der Waals surface area (Å²) in [5, 5.41) is 0. The van der Waals surface area contributed by atoms with Crippen molar-refractivity contribution in [2.45, 2.75) is 489 Å². The van der Waals surface area contributed by atoms with E-state index in [0.717, 1.165) is 38.5 Å². The lowest BCUT2D eigenvalue weighted by Crippen LogP contribution is -2.37. The average molecular weight is 1390 g/mol. The minimum Gasteiger partial charge on any atom is -0.462 e. The number of phosphoric acid groups is 1. The standard InChI is InChI=1S/C87H172NO8P/c1-6-8-10-12-14-16-18-20-22-24-26-28-30-32-34-36-38-40-42-44-46-48-50-52-54-56-58-60-62-64-66-68-70-72-74-76-78-80-87(90)96-85(84-95-97(91,92)94-82-81-88(3,4)5)83-93-86(89)79-77-75-73-71-69-67-65-63-61-59-57-55-53-51-49-47-45-43-41-39-37-35-33-31-29-27-25-23-21-19-17-15-13-11-9-7-2/h24,26,85H,6-23,25,27-84H2,1-5H3/p+1/b26-24-. The van der Waals surface area contributed by atoms with E-state index < -0.39 is 26.5 Å².